The van der Waals surface area contributed by atoms with E-state index in [2.05, 4.69) is 5.32 Å². The topological polar surface area (TPSA) is 64.6 Å². The van der Waals surface area contributed by atoms with E-state index in [1.807, 2.05) is 49.4 Å². The number of anilines is 1. The number of rotatable bonds is 8. The molecule has 0 saturated heterocycles. The van der Waals surface area contributed by atoms with Crippen molar-refractivity contribution >= 4 is 28.3 Å². The first-order chi connectivity index (χ1) is 14.1. The number of hydrogen-bond acceptors (Lipinski definition) is 4. The molecule has 3 aromatic rings. The fourth-order valence-electron chi connectivity index (χ4n) is 2.82. The van der Waals surface area contributed by atoms with Gasteiger partial charge in [0.15, 0.2) is 6.10 Å². The molecule has 3 rings (SSSR count). The van der Waals surface area contributed by atoms with E-state index < -0.39 is 6.10 Å². The lowest BCUT2D eigenvalue weighted by Crippen LogP contribution is -2.30. The Morgan fingerprint density at radius 3 is 2.41 bits per heavy atom. The maximum atomic E-state index is 12.4. The van der Waals surface area contributed by atoms with E-state index in [9.17, 15) is 9.59 Å². The van der Waals surface area contributed by atoms with Gasteiger partial charge >= 0.3 is 5.97 Å². The summed E-state index contributed by atoms with van der Waals surface area (Å²) in [6, 6.07) is 20.3. The number of carbonyl (C=O) groups excluding carboxylic acids is 2. The molecule has 0 unspecified atom stereocenters. The summed E-state index contributed by atoms with van der Waals surface area (Å²) in [4.78, 5) is 24.4. The number of nitrogens with one attached hydrogen (secondary N) is 1. The number of ether oxygens (including phenoxy) is 2. The van der Waals surface area contributed by atoms with Gasteiger partial charge in [0.2, 0.25) is 0 Å². The van der Waals surface area contributed by atoms with Crippen molar-refractivity contribution in [2.45, 2.75) is 32.8 Å². The maximum Gasteiger partial charge on any atom is 0.338 e. The van der Waals surface area contributed by atoms with E-state index in [0.717, 1.165) is 23.6 Å². The first-order valence-corrected chi connectivity index (χ1v) is 9.80. The van der Waals surface area contributed by atoms with E-state index in [1.165, 1.54) is 0 Å². The Morgan fingerprint density at radius 1 is 0.966 bits per heavy atom. The fourth-order valence-corrected chi connectivity index (χ4v) is 2.82. The molecule has 5 heteroatoms. The minimum Gasteiger partial charge on any atom is -0.481 e. The first kappa shape index (κ1) is 20.4. The molecular formula is C24H25NO4. The van der Waals surface area contributed by atoms with Crippen molar-refractivity contribution in [3.05, 3.63) is 72.3 Å². The Hall–Kier alpha value is -3.34. The molecule has 0 spiro atoms. The quantitative estimate of drug-likeness (QED) is 0.423. The van der Waals surface area contributed by atoms with Gasteiger partial charge in [0.1, 0.15) is 5.75 Å². The van der Waals surface area contributed by atoms with Crippen LogP contribution in [0.1, 0.15) is 37.0 Å². The van der Waals surface area contributed by atoms with Gasteiger partial charge < -0.3 is 14.8 Å². The molecule has 3 aromatic carbocycles. The molecule has 0 bridgehead atoms. The van der Waals surface area contributed by atoms with Gasteiger partial charge in [0.05, 0.1) is 12.2 Å². The molecule has 5 nitrogen and oxygen atoms in total. The van der Waals surface area contributed by atoms with Crippen LogP contribution in [0.4, 0.5) is 5.69 Å². The standard InChI is InChI=1S/C24H25NO4/c1-3-4-15-28-24(27)19-9-12-21(13-10-19)25-23(26)17(2)29-22-14-11-18-7-5-6-8-20(18)16-22/h5-14,16-17H,3-4,15H2,1-2H3,(H,25,26)/t17-/m0/s1. The van der Waals surface area contributed by atoms with Crippen LogP contribution in [0.5, 0.6) is 5.75 Å². The summed E-state index contributed by atoms with van der Waals surface area (Å²) < 4.78 is 11.0. The number of hydrogen-bond donors (Lipinski definition) is 1. The summed E-state index contributed by atoms with van der Waals surface area (Å²) in [7, 11) is 0. The zero-order valence-corrected chi connectivity index (χ0v) is 16.7. The molecule has 0 aliphatic carbocycles. The van der Waals surface area contributed by atoms with E-state index in [4.69, 9.17) is 9.47 Å². The highest BCUT2D eigenvalue weighted by Crippen LogP contribution is 2.22. The molecule has 0 fully saturated rings. The summed E-state index contributed by atoms with van der Waals surface area (Å²) >= 11 is 0. The van der Waals surface area contributed by atoms with Crippen molar-refractivity contribution in [2.24, 2.45) is 0 Å². The Kier molecular flexibility index (Phi) is 6.85. The van der Waals surface area contributed by atoms with Crippen LogP contribution < -0.4 is 10.1 Å². The van der Waals surface area contributed by atoms with Crippen molar-refractivity contribution < 1.29 is 19.1 Å². The van der Waals surface area contributed by atoms with E-state index in [-0.39, 0.29) is 11.9 Å². The summed E-state index contributed by atoms with van der Waals surface area (Å²) in [5, 5.41) is 4.97. The third kappa shape index (κ3) is 5.57. The van der Waals surface area contributed by atoms with Gasteiger partial charge in [-0.15, -0.1) is 0 Å². The number of benzene rings is 3. The van der Waals surface area contributed by atoms with Gasteiger partial charge in [-0.1, -0.05) is 43.7 Å². The van der Waals surface area contributed by atoms with Crippen LogP contribution in [-0.4, -0.2) is 24.6 Å². The number of amides is 1. The molecular weight excluding hydrogens is 366 g/mol. The van der Waals surface area contributed by atoms with Gasteiger partial charge in [0.25, 0.3) is 5.91 Å². The lowest BCUT2D eigenvalue weighted by Gasteiger charge is -2.15. The van der Waals surface area contributed by atoms with Crippen molar-refractivity contribution in [1.82, 2.24) is 0 Å². The molecule has 0 aliphatic heterocycles. The zero-order chi connectivity index (χ0) is 20.6. The van der Waals surface area contributed by atoms with Crippen molar-refractivity contribution in [3.63, 3.8) is 0 Å². The summed E-state index contributed by atoms with van der Waals surface area (Å²) in [6.45, 7) is 4.15. The maximum absolute atomic E-state index is 12.4. The highest BCUT2D eigenvalue weighted by molar-refractivity contribution is 5.95. The lowest BCUT2D eigenvalue weighted by atomic mass is 10.1. The first-order valence-electron chi connectivity index (χ1n) is 9.80. The van der Waals surface area contributed by atoms with E-state index in [0.29, 0.717) is 23.6 Å². The molecule has 0 heterocycles. The highest BCUT2D eigenvalue weighted by atomic mass is 16.5. The molecule has 1 N–H and O–H groups in total. The summed E-state index contributed by atoms with van der Waals surface area (Å²) in [5.74, 6) is 0.0114. The predicted octanol–water partition coefficient (Wildman–Crippen LogP) is 5.20. The second kappa shape index (κ2) is 9.73. The second-order valence-electron chi connectivity index (χ2n) is 6.83. The van der Waals surface area contributed by atoms with Gasteiger partial charge in [0, 0.05) is 5.69 Å². The minimum atomic E-state index is -0.671. The second-order valence-corrected chi connectivity index (χ2v) is 6.83. The molecule has 0 aromatic heterocycles. The van der Waals surface area contributed by atoms with E-state index >= 15 is 0 Å². The monoisotopic (exact) mass is 391 g/mol. The van der Waals surface area contributed by atoms with Gasteiger partial charge in [-0.05, 0) is 60.5 Å². The van der Waals surface area contributed by atoms with Crippen LogP contribution in [0.25, 0.3) is 10.8 Å². The zero-order valence-electron chi connectivity index (χ0n) is 16.7. The van der Waals surface area contributed by atoms with Crippen molar-refractivity contribution in [1.29, 1.82) is 0 Å². The van der Waals surface area contributed by atoms with Crippen LogP contribution in [0.3, 0.4) is 0 Å². The molecule has 0 radical (unpaired) electrons. The Morgan fingerprint density at radius 2 is 1.69 bits per heavy atom. The normalized spacial score (nSPS) is 11.7. The van der Waals surface area contributed by atoms with Crippen LogP contribution in [0.2, 0.25) is 0 Å². The molecule has 1 atom stereocenters. The predicted molar refractivity (Wildman–Crippen MR) is 114 cm³/mol. The smallest absolute Gasteiger partial charge is 0.338 e. The molecule has 1 amide bonds. The average molecular weight is 391 g/mol. The summed E-state index contributed by atoms with van der Waals surface area (Å²) in [6.07, 6.45) is 1.14. The van der Waals surface area contributed by atoms with Gasteiger partial charge in [-0.3, -0.25) is 4.79 Å². The molecule has 0 aliphatic rings. The minimum absolute atomic E-state index is 0.267. The molecule has 150 valence electrons. The largest absolute Gasteiger partial charge is 0.481 e. The lowest BCUT2D eigenvalue weighted by molar-refractivity contribution is -0.122. The highest BCUT2D eigenvalue weighted by Gasteiger charge is 2.15. The van der Waals surface area contributed by atoms with E-state index in [1.54, 1.807) is 31.2 Å². The Bertz CT molecular complexity index is 982. The number of carbonyl (C=O) groups is 2. The van der Waals surface area contributed by atoms with Crippen LogP contribution in [0, 0.1) is 0 Å². The third-order valence-corrected chi connectivity index (χ3v) is 4.52. The third-order valence-electron chi connectivity index (χ3n) is 4.52. The Labute approximate surface area is 170 Å². The van der Waals surface area contributed by atoms with Crippen molar-refractivity contribution in [2.75, 3.05) is 11.9 Å². The average Bonchev–Trinajstić information content (AvgIpc) is 2.74. The number of esters is 1. The molecule has 29 heavy (non-hydrogen) atoms. The number of unbranched alkanes of at least 4 members (excludes halogenated alkanes) is 1. The van der Waals surface area contributed by atoms with Crippen LogP contribution in [0.15, 0.2) is 66.7 Å². The van der Waals surface area contributed by atoms with Crippen molar-refractivity contribution in [3.8, 4) is 5.75 Å². The fraction of sp³-hybridized carbons (Fsp3) is 0.250. The van der Waals surface area contributed by atoms with Gasteiger partial charge in [-0.25, -0.2) is 4.79 Å². The van der Waals surface area contributed by atoms with Crippen LogP contribution in [-0.2, 0) is 9.53 Å². The van der Waals surface area contributed by atoms with Gasteiger partial charge in [-0.2, -0.15) is 0 Å². The van der Waals surface area contributed by atoms with Crippen LogP contribution >= 0.6 is 0 Å². The summed E-state index contributed by atoms with van der Waals surface area (Å²) in [5.41, 5.74) is 1.05. The SMILES string of the molecule is CCCCOC(=O)c1ccc(NC(=O)[C@H](C)Oc2ccc3ccccc3c2)cc1. The Balaban J connectivity index is 1.56. The molecule has 0 saturated carbocycles. The number of fused-ring (bicyclic) bond motifs is 1.